The average molecular weight is 318 g/mol. The second-order valence-corrected chi connectivity index (χ2v) is 6.06. The van der Waals surface area contributed by atoms with Crippen LogP contribution in [-0.4, -0.2) is 60.2 Å². The minimum absolute atomic E-state index is 0.0186. The molecule has 3 rings (SSSR count). The van der Waals surface area contributed by atoms with Gasteiger partial charge in [-0.3, -0.25) is 9.69 Å². The van der Waals surface area contributed by atoms with Crippen molar-refractivity contribution >= 4 is 12.1 Å². The zero-order chi connectivity index (χ0) is 16.2. The van der Waals surface area contributed by atoms with Crippen LogP contribution in [-0.2, 0) is 9.53 Å². The molecule has 2 aliphatic heterocycles. The van der Waals surface area contributed by atoms with E-state index in [9.17, 15) is 9.59 Å². The second kappa shape index (κ2) is 7.00. The highest BCUT2D eigenvalue weighted by atomic mass is 16.6. The third kappa shape index (κ3) is 3.82. The SMILES string of the molecule is C[C@H]1C[C@@H](N2CCCN(C(=O)Oc3ccccc3)CC2)C(=O)O1. The maximum absolute atomic E-state index is 12.3. The minimum Gasteiger partial charge on any atom is -0.461 e. The van der Waals surface area contributed by atoms with Crippen molar-refractivity contribution in [1.29, 1.82) is 0 Å². The average Bonchev–Trinajstić information content (AvgIpc) is 2.75. The van der Waals surface area contributed by atoms with Crippen molar-refractivity contribution < 1.29 is 19.1 Å². The Balaban J connectivity index is 1.56. The Labute approximate surface area is 136 Å². The van der Waals surface area contributed by atoms with Gasteiger partial charge in [-0.1, -0.05) is 18.2 Å². The number of hydrogen-bond donors (Lipinski definition) is 0. The molecule has 1 amide bonds. The summed E-state index contributed by atoms with van der Waals surface area (Å²) in [6.45, 7) is 4.57. The fourth-order valence-corrected chi connectivity index (χ4v) is 3.12. The maximum Gasteiger partial charge on any atom is 0.415 e. The van der Waals surface area contributed by atoms with Crippen LogP contribution in [0.1, 0.15) is 19.8 Å². The fourth-order valence-electron chi connectivity index (χ4n) is 3.12. The quantitative estimate of drug-likeness (QED) is 0.780. The molecule has 124 valence electrons. The Morgan fingerprint density at radius 1 is 1.17 bits per heavy atom. The normalized spacial score (nSPS) is 25.8. The van der Waals surface area contributed by atoms with Crippen LogP contribution in [0.3, 0.4) is 0 Å². The third-order valence-corrected chi connectivity index (χ3v) is 4.32. The summed E-state index contributed by atoms with van der Waals surface area (Å²) >= 11 is 0. The number of para-hydroxylation sites is 1. The molecule has 1 aromatic carbocycles. The van der Waals surface area contributed by atoms with Crippen molar-refractivity contribution in [2.75, 3.05) is 26.2 Å². The number of hydrogen-bond acceptors (Lipinski definition) is 5. The van der Waals surface area contributed by atoms with Gasteiger partial charge in [-0.2, -0.15) is 0 Å². The van der Waals surface area contributed by atoms with Crippen LogP contribution in [0.4, 0.5) is 4.79 Å². The lowest BCUT2D eigenvalue weighted by molar-refractivity contribution is -0.144. The van der Waals surface area contributed by atoms with E-state index < -0.39 is 0 Å². The first-order chi connectivity index (χ1) is 11.1. The lowest BCUT2D eigenvalue weighted by atomic mass is 10.1. The zero-order valence-electron chi connectivity index (χ0n) is 13.3. The predicted octanol–water partition coefficient (Wildman–Crippen LogP) is 1.90. The van der Waals surface area contributed by atoms with Gasteiger partial charge in [-0.15, -0.1) is 0 Å². The van der Waals surface area contributed by atoms with Gasteiger partial charge in [0.1, 0.15) is 17.9 Å². The summed E-state index contributed by atoms with van der Waals surface area (Å²) in [4.78, 5) is 28.0. The smallest absolute Gasteiger partial charge is 0.415 e. The fraction of sp³-hybridized carbons (Fsp3) is 0.529. The number of cyclic esters (lactones) is 1. The Bertz CT molecular complexity index is 563. The summed E-state index contributed by atoms with van der Waals surface area (Å²) in [5.74, 6) is 0.407. The molecule has 2 aliphatic rings. The summed E-state index contributed by atoms with van der Waals surface area (Å²) in [6.07, 6.45) is 1.20. The molecule has 2 heterocycles. The Morgan fingerprint density at radius 2 is 1.96 bits per heavy atom. The Hall–Kier alpha value is -2.08. The van der Waals surface area contributed by atoms with Gasteiger partial charge in [-0.05, 0) is 25.5 Å². The zero-order valence-corrected chi connectivity index (χ0v) is 13.3. The predicted molar refractivity (Wildman–Crippen MR) is 84.2 cm³/mol. The number of benzene rings is 1. The molecule has 0 unspecified atom stereocenters. The van der Waals surface area contributed by atoms with Crippen LogP contribution >= 0.6 is 0 Å². The lowest BCUT2D eigenvalue weighted by Gasteiger charge is -2.24. The van der Waals surface area contributed by atoms with Crippen LogP contribution in [0.15, 0.2) is 30.3 Å². The monoisotopic (exact) mass is 318 g/mol. The van der Waals surface area contributed by atoms with Crippen molar-refractivity contribution in [2.24, 2.45) is 0 Å². The van der Waals surface area contributed by atoms with Crippen LogP contribution in [0, 0.1) is 0 Å². The summed E-state index contributed by atoms with van der Waals surface area (Å²) in [6, 6.07) is 8.90. The van der Waals surface area contributed by atoms with Crippen LogP contribution in [0.5, 0.6) is 5.75 Å². The number of amides is 1. The first-order valence-electron chi connectivity index (χ1n) is 8.10. The molecule has 6 heteroatoms. The highest BCUT2D eigenvalue weighted by Gasteiger charge is 2.37. The first kappa shape index (κ1) is 15.8. The van der Waals surface area contributed by atoms with Gasteiger partial charge in [0.25, 0.3) is 0 Å². The highest BCUT2D eigenvalue weighted by Crippen LogP contribution is 2.21. The largest absolute Gasteiger partial charge is 0.461 e. The van der Waals surface area contributed by atoms with Crippen LogP contribution in [0.25, 0.3) is 0 Å². The van der Waals surface area contributed by atoms with Gasteiger partial charge >= 0.3 is 12.1 Å². The summed E-state index contributed by atoms with van der Waals surface area (Å²) in [7, 11) is 0. The molecular weight excluding hydrogens is 296 g/mol. The van der Waals surface area contributed by atoms with E-state index >= 15 is 0 Å². The van der Waals surface area contributed by atoms with Crippen molar-refractivity contribution in [3.63, 3.8) is 0 Å². The van der Waals surface area contributed by atoms with Crippen molar-refractivity contribution in [3.8, 4) is 5.75 Å². The number of esters is 1. The van der Waals surface area contributed by atoms with Gasteiger partial charge in [0.05, 0.1) is 0 Å². The summed E-state index contributed by atoms with van der Waals surface area (Å²) in [5.41, 5.74) is 0. The van der Waals surface area contributed by atoms with E-state index in [4.69, 9.17) is 9.47 Å². The van der Waals surface area contributed by atoms with Crippen molar-refractivity contribution in [3.05, 3.63) is 30.3 Å². The van der Waals surface area contributed by atoms with Crippen LogP contribution in [0.2, 0.25) is 0 Å². The van der Waals surface area contributed by atoms with E-state index in [-0.39, 0.29) is 24.2 Å². The second-order valence-electron chi connectivity index (χ2n) is 6.06. The molecule has 0 spiro atoms. The molecule has 23 heavy (non-hydrogen) atoms. The molecule has 0 aliphatic carbocycles. The van der Waals surface area contributed by atoms with Gasteiger partial charge < -0.3 is 14.4 Å². The Kier molecular flexibility index (Phi) is 4.81. The number of carbonyl (C=O) groups excluding carboxylic acids is 2. The number of ether oxygens (including phenoxy) is 2. The minimum atomic E-state index is -0.333. The standard InChI is InChI=1S/C17H22N2O4/c1-13-12-15(16(20)22-13)18-8-5-9-19(11-10-18)17(21)23-14-6-3-2-4-7-14/h2-4,6-7,13,15H,5,8-12H2,1H3/t13-,15+/m0/s1. The van der Waals surface area contributed by atoms with Crippen molar-refractivity contribution in [2.45, 2.75) is 31.9 Å². The third-order valence-electron chi connectivity index (χ3n) is 4.32. The molecule has 1 aromatic rings. The van der Waals surface area contributed by atoms with Crippen LogP contribution < -0.4 is 4.74 Å². The van der Waals surface area contributed by atoms with E-state index in [1.165, 1.54) is 0 Å². The van der Waals surface area contributed by atoms with E-state index in [2.05, 4.69) is 4.90 Å². The topological polar surface area (TPSA) is 59.1 Å². The van der Waals surface area contributed by atoms with E-state index in [1.807, 2.05) is 25.1 Å². The molecule has 2 atom stereocenters. The van der Waals surface area contributed by atoms with Gasteiger partial charge in [0, 0.05) is 32.6 Å². The van der Waals surface area contributed by atoms with E-state index in [0.29, 0.717) is 25.4 Å². The Morgan fingerprint density at radius 3 is 2.65 bits per heavy atom. The van der Waals surface area contributed by atoms with Gasteiger partial charge in [0.2, 0.25) is 0 Å². The summed E-state index contributed by atoms with van der Waals surface area (Å²) in [5, 5.41) is 0. The number of rotatable bonds is 2. The molecular formula is C17H22N2O4. The number of nitrogens with zero attached hydrogens (tertiary/aromatic N) is 2. The van der Waals surface area contributed by atoms with Gasteiger partial charge in [-0.25, -0.2) is 4.79 Å². The molecule has 0 N–H and O–H groups in total. The number of carbonyl (C=O) groups is 2. The lowest BCUT2D eigenvalue weighted by Crippen LogP contribution is -2.42. The molecule has 0 bridgehead atoms. The van der Waals surface area contributed by atoms with E-state index in [1.54, 1.807) is 17.0 Å². The molecule has 0 radical (unpaired) electrons. The van der Waals surface area contributed by atoms with Crippen molar-refractivity contribution in [1.82, 2.24) is 9.80 Å². The molecule has 0 aromatic heterocycles. The first-order valence-corrected chi connectivity index (χ1v) is 8.10. The highest BCUT2D eigenvalue weighted by molar-refractivity contribution is 5.78. The molecule has 2 saturated heterocycles. The molecule has 2 fully saturated rings. The van der Waals surface area contributed by atoms with E-state index in [0.717, 1.165) is 19.4 Å². The molecule has 6 nitrogen and oxygen atoms in total. The summed E-state index contributed by atoms with van der Waals surface area (Å²) < 4.78 is 10.6. The maximum atomic E-state index is 12.3. The van der Waals surface area contributed by atoms with Gasteiger partial charge in [0.15, 0.2) is 0 Å². The molecule has 0 saturated carbocycles.